The Kier molecular flexibility index (Phi) is 5.29. The van der Waals surface area contributed by atoms with Crippen LogP contribution in [-0.4, -0.2) is 57.8 Å². The normalized spacial score (nSPS) is 20.2. The zero-order chi connectivity index (χ0) is 18.7. The van der Waals surface area contributed by atoms with Crippen LogP contribution in [0.3, 0.4) is 0 Å². The van der Waals surface area contributed by atoms with Gasteiger partial charge in [0, 0.05) is 19.2 Å². The molecular formula is C19H22FN3O3. The number of carbonyl (C=O) groups excluding carboxylic acids is 1. The molecule has 1 aromatic carbocycles. The number of hydrogen-bond acceptors (Lipinski definition) is 5. The molecule has 0 bridgehead atoms. The van der Waals surface area contributed by atoms with E-state index in [1.165, 1.54) is 12.3 Å². The van der Waals surface area contributed by atoms with Crippen molar-refractivity contribution in [1.82, 2.24) is 14.9 Å². The Morgan fingerprint density at radius 3 is 2.85 bits per heavy atom. The van der Waals surface area contributed by atoms with Crippen LogP contribution in [0.4, 0.5) is 4.39 Å². The summed E-state index contributed by atoms with van der Waals surface area (Å²) in [5, 5.41) is 9.94. The lowest BCUT2D eigenvalue weighted by Crippen LogP contribution is -2.57. The second-order valence-corrected chi connectivity index (χ2v) is 6.60. The highest BCUT2D eigenvalue weighted by molar-refractivity contribution is 5.95. The number of nitrogens with zero attached hydrogens (tertiary/aromatic N) is 3. The number of benzene rings is 1. The number of ether oxygens (including phenoxy) is 1. The fraction of sp³-hybridized carbons (Fsp3) is 0.421. The van der Waals surface area contributed by atoms with Crippen LogP contribution in [0.2, 0.25) is 0 Å². The summed E-state index contributed by atoms with van der Waals surface area (Å²) in [5.74, 6) is 0.0394. The Morgan fingerprint density at radius 2 is 2.15 bits per heavy atom. The zero-order valence-corrected chi connectivity index (χ0v) is 14.9. The summed E-state index contributed by atoms with van der Waals surface area (Å²) in [7, 11) is 0. The molecule has 1 fully saturated rings. The maximum absolute atomic E-state index is 14.0. The zero-order valence-electron chi connectivity index (χ0n) is 14.9. The maximum Gasteiger partial charge on any atom is 0.257 e. The average Bonchev–Trinajstić information content (AvgIpc) is 2.63. The quantitative estimate of drug-likeness (QED) is 0.899. The van der Waals surface area contributed by atoms with Crippen molar-refractivity contribution in [2.24, 2.45) is 0 Å². The van der Waals surface area contributed by atoms with E-state index in [0.717, 1.165) is 0 Å². The summed E-state index contributed by atoms with van der Waals surface area (Å²) < 4.78 is 19.8. The molecule has 1 N–H and O–H groups in total. The predicted molar refractivity (Wildman–Crippen MR) is 93.3 cm³/mol. The van der Waals surface area contributed by atoms with E-state index in [0.29, 0.717) is 29.2 Å². The number of aryl methyl sites for hydroxylation is 2. The number of aromatic nitrogens is 2. The van der Waals surface area contributed by atoms with Crippen LogP contribution in [-0.2, 0) is 11.2 Å². The molecule has 0 radical (unpaired) electrons. The molecule has 0 saturated carbocycles. The number of carbonyl (C=O) groups is 1. The first-order chi connectivity index (χ1) is 12.4. The molecule has 2 aromatic rings. The summed E-state index contributed by atoms with van der Waals surface area (Å²) in [4.78, 5) is 22.8. The third-order valence-electron chi connectivity index (χ3n) is 4.62. The van der Waals surface area contributed by atoms with Gasteiger partial charge in [0.2, 0.25) is 0 Å². The van der Waals surface area contributed by atoms with E-state index in [1.54, 1.807) is 36.9 Å². The molecule has 3 rings (SSSR count). The van der Waals surface area contributed by atoms with E-state index >= 15 is 0 Å². The second kappa shape index (κ2) is 7.47. The molecule has 1 aromatic heterocycles. The van der Waals surface area contributed by atoms with Crippen molar-refractivity contribution in [2.45, 2.75) is 25.9 Å². The van der Waals surface area contributed by atoms with Crippen LogP contribution in [0, 0.1) is 19.7 Å². The number of amides is 1. The number of halogens is 1. The Labute approximate surface area is 151 Å². The van der Waals surface area contributed by atoms with E-state index in [1.807, 2.05) is 0 Å². The minimum Gasteiger partial charge on any atom is -0.393 e. The summed E-state index contributed by atoms with van der Waals surface area (Å²) >= 11 is 0. The second-order valence-electron chi connectivity index (χ2n) is 6.60. The average molecular weight is 359 g/mol. The van der Waals surface area contributed by atoms with Crippen molar-refractivity contribution < 1.29 is 19.0 Å². The monoisotopic (exact) mass is 359 g/mol. The van der Waals surface area contributed by atoms with Crippen LogP contribution >= 0.6 is 0 Å². The van der Waals surface area contributed by atoms with Crippen LogP contribution in [0.15, 0.2) is 30.5 Å². The molecule has 1 aliphatic heterocycles. The summed E-state index contributed by atoms with van der Waals surface area (Å²) in [5.41, 5.74) is 0.453. The summed E-state index contributed by atoms with van der Waals surface area (Å²) in [6.07, 6.45) is 1.70. The number of aliphatic hydroxyl groups excluding tert-OH is 1. The molecule has 2 heterocycles. The lowest BCUT2D eigenvalue weighted by Gasteiger charge is -2.42. The first-order valence-corrected chi connectivity index (χ1v) is 8.52. The van der Waals surface area contributed by atoms with Gasteiger partial charge in [-0.25, -0.2) is 14.4 Å². The lowest BCUT2D eigenvalue weighted by molar-refractivity contribution is -0.124. The largest absolute Gasteiger partial charge is 0.393 e. The number of aliphatic hydroxyl groups is 1. The van der Waals surface area contributed by atoms with Gasteiger partial charge in [-0.05, 0) is 25.5 Å². The smallest absolute Gasteiger partial charge is 0.257 e. The van der Waals surface area contributed by atoms with E-state index in [4.69, 9.17) is 4.74 Å². The van der Waals surface area contributed by atoms with Crippen molar-refractivity contribution in [2.75, 3.05) is 26.3 Å². The molecule has 1 amide bonds. The van der Waals surface area contributed by atoms with E-state index in [9.17, 15) is 14.3 Å². The molecule has 138 valence electrons. The highest BCUT2D eigenvalue weighted by Gasteiger charge is 2.39. The van der Waals surface area contributed by atoms with Crippen LogP contribution in [0.5, 0.6) is 0 Å². The first-order valence-electron chi connectivity index (χ1n) is 8.52. The predicted octanol–water partition coefficient (Wildman–Crippen LogP) is 1.68. The van der Waals surface area contributed by atoms with Gasteiger partial charge in [-0.3, -0.25) is 4.79 Å². The van der Waals surface area contributed by atoms with Gasteiger partial charge < -0.3 is 14.7 Å². The van der Waals surface area contributed by atoms with E-state index < -0.39 is 5.60 Å². The SMILES string of the molecule is Cc1ncc(C(=O)N2CCO[C@](CO)(Cc3ccccc3F)C2)c(C)n1. The fourth-order valence-electron chi connectivity index (χ4n) is 3.23. The molecule has 7 heteroatoms. The summed E-state index contributed by atoms with van der Waals surface area (Å²) in [6.45, 7) is 4.05. The van der Waals surface area contributed by atoms with Gasteiger partial charge in [0.1, 0.15) is 17.2 Å². The molecule has 1 saturated heterocycles. The van der Waals surface area contributed by atoms with Gasteiger partial charge in [0.15, 0.2) is 0 Å². The van der Waals surface area contributed by atoms with Crippen molar-refractivity contribution in [3.05, 3.63) is 58.9 Å². The lowest BCUT2D eigenvalue weighted by atomic mass is 9.92. The molecule has 1 aliphatic rings. The highest BCUT2D eigenvalue weighted by Crippen LogP contribution is 2.25. The van der Waals surface area contributed by atoms with Crippen molar-refractivity contribution in [3.63, 3.8) is 0 Å². The number of hydrogen-bond donors (Lipinski definition) is 1. The minimum atomic E-state index is -1.03. The van der Waals surface area contributed by atoms with Gasteiger partial charge in [-0.15, -0.1) is 0 Å². The summed E-state index contributed by atoms with van der Waals surface area (Å²) in [6, 6.07) is 6.39. The molecule has 6 nitrogen and oxygen atoms in total. The Hall–Kier alpha value is -2.38. The number of morpholine rings is 1. The Balaban J connectivity index is 1.82. The maximum atomic E-state index is 14.0. The standard InChI is InChI=1S/C19H22FN3O3/c1-13-16(10-21-14(2)22-13)18(25)23-7-8-26-19(11-23,12-24)9-15-5-3-4-6-17(15)20/h3-6,10,24H,7-9,11-12H2,1-2H3/t19-/m1/s1. The molecular weight excluding hydrogens is 337 g/mol. The van der Waals surface area contributed by atoms with Gasteiger partial charge in [0.05, 0.1) is 31.0 Å². The van der Waals surface area contributed by atoms with E-state index in [-0.39, 0.29) is 37.9 Å². The van der Waals surface area contributed by atoms with Gasteiger partial charge in [0.25, 0.3) is 5.91 Å². The highest BCUT2D eigenvalue weighted by atomic mass is 19.1. The Morgan fingerprint density at radius 1 is 1.38 bits per heavy atom. The van der Waals surface area contributed by atoms with Crippen LogP contribution in [0.25, 0.3) is 0 Å². The minimum absolute atomic E-state index is 0.171. The first kappa shape index (κ1) is 18.4. The molecule has 26 heavy (non-hydrogen) atoms. The topological polar surface area (TPSA) is 75.6 Å². The van der Waals surface area contributed by atoms with Crippen LogP contribution < -0.4 is 0 Å². The molecule has 0 unspecified atom stereocenters. The molecule has 0 spiro atoms. The van der Waals surface area contributed by atoms with Crippen molar-refractivity contribution in [3.8, 4) is 0 Å². The van der Waals surface area contributed by atoms with E-state index in [2.05, 4.69) is 9.97 Å². The third kappa shape index (κ3) is 3.73. The number of rotatable bonds is 4. The Bertz CT molecular complexity index is 814. The third-order valence-corrected chi connectivity index (χ3v) is 4.62. The van der Waals surface area contributed by atoms with Crippen LogP contribution in [0.1, 0.15) is 27.4 Å². The molecule has 1 atom stereocenters. The van der Waals surface area contributed by atoms with Gasteiger partial charge in [-0.2, -0.15) is 0 Å². The fourth-order valence-corrected chi connectivity index (χ4v) is 3.23. The van der Waals surface area contributed by atoms with Crippen molar-refractivity contribution in [1.29, 1.82) is 0 Å². The van der Waals surface area contributed by atoms with Gasteiger partial charge in [-0.1, -0.05) is 18.2 Å². The van der Waals surface area contributed by atoms with Crippen molar-refractivity contribution >= 4 is 5.91 Å². The molecule has 0 aliphatic carbocycles. The van der Waals surface area contributed by atoms with Gasteiger partial charge >= 0.3 is 0 Å².